The Morgan fingerprint density at radius 3 is 2.45 bits per heavy atom. The zero-order chi connectivity index (χ0) is 16.5. The molecular weight excluding hydrogens is 308 g/mol. The topological polar surface area (TPSA) is 76.2 Å². The van der Waals surface area contributed by atoms with Gasteiger partial charge in [0.15, 0.2) is 0 Å². The number of hydrogen-bond acceptors (Lipinski definition) is 6. The number of benzene rings is 1. The van der Waals surface area contributed by atoms with Crippen LogP contribution in [0.1, 0.15) is 31.9 Å². The number of amides is 1. The van der Waals surface area contributed by atoms with Crippen LogP contribution in [0.3, 0.4) is 0 Å². The summed E-state index contributed by atoms with van der Waals surface area (Å²) in [5.41, 5.74) is 2.02. The van der Waals surface area contributed by atoms with Crippen molar-refractivity contribution in [2.45, 2.75) is 39.5 Å². The lowest BCUT2D eigenvalue weighted by molar-refractivity contribution is 0.0242. The number of carbonyl (C=O) groups excluding carboxylic acids is 1. The van der Waals surface area contributed by atoms with Crippen molar-refractivity contribution in [3.05, 3.63) is 29.3 Å². The monoisotopic (exact) mass is 328 g/mol. The molecule has 22 heavy (non-hydrogen) atoms. The quantitative estimate of drug-likeness (QED) is 0.674. The van der Waals surface area contributed by atoms with Crippen LogP contribution in [0, 0.1) is 0 Å². The van der Waals surface area contributed by atoms with E-state index in [0.29, 0.717) is 18.8 Å². The molecule has 1 aromatic rings. The maximum absolute atomic E-state index is 12.1. The van der Waals surface area contributed by atoms with Crippen molar-refractivity contribution in [2.75, 3.05) is 12.1 Å². The lowest BCUT2D eigenvalue weighted by Crippen LogP contribution is -2.33. The molecule has 0 N–H and O–H groups in total. The lowest BCUT2D eigenvalue weighted by atomic mass is 10.1. The van der Waals surface area contributed by atoms with Gasteiger partial charge in [0, 0.05) is 20.1 Å². The fraction of sp³-hybridized carbons (Fsp3) is 0.500. The second-order valence-corrected chi connectivity index (χ2v) is 6.70. The molecule has 0 fully saturated rings. The summed E-state index contributed by atoms with van der Waals surface area (Å²) in [7, 11) is -1.46. The minimum Gasteiger partial charge on any atom is -0.444 e. The van der Waals surface area contributed by atoms with Crippen LogP contribution in [0.25, 0.3) is 0 Å². The molecule has 0 atom stereocenters. The van der Waals surface area contributed by atoms with Crippen molar-refractivity contribution < 1.29 is 22.2 Å². The molecule has 0 aromatic heterocycles. The van der Waals surface area contributed by atoms with Gasteiger partial charge in [-0.2, -0.15) is 4.28 Å². The van der Waals surface area contributed by atoms with Crippen molar-refractivity contribution in [1.29, 1.82) is 0 Å². The molecule has 1 heterocycles. The number of ether oxygens (including phenoxy) is 1. The van der Waals surface area contributed by atoms with Crippen LogP contribution in [-0.4, -0.2) is 32.1 Å². The number of thiol groups is 1. The zero-order valence-corrected chi connectivity index (χ0v) is 13.9. The molecule has 2 rings (SSSR count). The number of hydroxylamine groups is 1. The Labute approximate surface area is 131 Å². The van der Waals surface area contributed by atoms with Crippen LogP contribution in [0.4, 0.5) is 10.5 Å². The summed E-state index contributed by atoms with van der Waals surface area (Å²) in [5, 5.41) is 1.17. The molecule has 0 aliphatic carbocycles. The van der Waals surface area contributed by atoms with Gasteiger partial charge < -0.3 is 4.74 Å². The van der Waals surface area contributed by atoms with Gasteiger partial charge in [0.2, 0.25) is 0 Å². The van der Waals surface area contributed by atoms with Crippen LogP contribution in [-0.2, 0) is 33.1 Å². The average Bonchev–Trinajstić information content (AvgIpc) is 2.78. The van der Waals surface area contributed by atoms with Gasteiger partial charge in [-0.25, -0.2) is 18.3 Å². The Bertz CT molecular complexity index is 643. The third kappa shape index (κ3) is 4.11. The number of hydrogen-bond donors (Lipinski definition) is 1. The highest BCUT2D eigenvalue weighted by molar-refractivity contribution is 7.67. The van der Waals surface area contributed by atoms with Gasteiger partial charge in [0.1, 0.15) is 5.60 Å². The molecule has 0 unspecified atom stereocenters. The van der Waals surface area contributed by atoms with Crippen molar-refractivity contribution >= 4 is 22.8 Å². The summed E-state index contributed by atoms with van der Waals surface area (Å²) in [5.74, 6) is 0. The summed E-state index contributed by atoms with van der Waals surface area (Å²) in [4.78, 5) is 13.7. The Hall–Kier alpha value is -1.80. The standard InChI is InChI=1S/C14H20N2O5S/c1-14(2,3)20-13(17)16-8-10-5-6-12(7-11(10)9-16)15(4)21-22(18)19/h5-7,22H,8-9H2,1-4H3. The van der Waals surface area contributed by atoms with Crippen LogP contribution in [0.15, 0.2) is 18.2 Å². The molecule has 0 saturated heterocycles. The first-order valence-corrected chi connectivity index (χ1v) is 7.91. The average molecular weight is 328 g/mol. The van der Waals surface area contributed by atoms with Crippen molar-refractivity contribution in [1.82, 2.24) is 4.90 Å². The van der Waals surface area contributed by atoms with E-state index in [2.05, 4.69) is 4.28 Å². The Morgan fingerprint density at radius 2 is 1.86 bits per heavy atom. The summed E-state index contributed by atoms with van der Waals surface area (Å²) in [6.45, 7) is 6.37. The third-order valence-electron chi connectivity index (χ3n) is 3.12. The molecule has 0 radical (unpaired) electrons. The van der Waals surface area contributed by atoms with Crippen molar-refractivity contribution in [2.24, 2.45) is 0 Å². The molecule has 1 aliphatic heterocycles. The van der Waals surface area contributed by atoms with Gasteiger partial charge in [-0.3, -0.25) is 4.90 Å². The van der Waals surface area contributed by atoms with E-state index in [1.54, 1.807) is 17.0 Å². The van der Waals surface area contributed by atoms with Gasteiger partial charge in [-0.05, 0) is 44.0 Å². The number of anilines is 1. The Morgan fingerprint density at radius 1 is 1.23 bits per heavy atom. The first-order chi connectivity index (χ1) is 10.2. The van der Waals surface area contributed by atoms with E-state index in [9.17, 15) is 13.2 Å². The Kier molecular flexibility index (Phi) is 4.62. The van der Waals surface area contributed by atoms with E-state index in [1.807, 2.05) is 26.8 Å². The van der Waals surface area contributed by atoms with Gasteiger partial charge in [0.25, 0.3) is 11.0 Å². The minimum atomic E-state index is -2.96. The molecule has 0 bridgehead atoms. The van der Waals surface area contributed by atoms with Gasteiger partial charge in [-0.1, -0.05) is 6.07 Å². The summed E-state index contributed by atoms with van der Waals surface area (Å²) < 4.78 is 31.2. The second kappa shape index (κ2) is 6.13. The summed E-state index contributed by atoms with van der Waals surface area (Å²) in [6, 6.07) is 5.40. The van der Waals surface area contributed by atoms with Crippen LogP contribution >= 0.6 is 0 Å². The highest BCUT2D eigenvalue weighted by atomic mass is 32.2. The molecule has 1 amide bonds. The smallest absolute Gasteiger partial charge is 0.410 e. The highest BCUT2D eigenvalue weighted by Gasteiger charge is 2.28. The Balaban J connectivity index is 2.10. The molecule has 1 aromatic carbocycles. The van der Waals surface area contributed by atoms with E-state index in [0.717, 1.165) is 11.1 Å². The van der Waals surface area contributed by atoms with E-state index in [4.69, 9.17) is 4.74 Å². The normalized spacial score (nSPS) is 14.1. The zero-order valence-electron chi connectivity index (χ0n) is 13.0. The lowest BCUT2D eigenvalue weighted by Gasteiger charge is -2.24. The second-order valence-electron chi connectivity index (χ2n) is 6.09. The third-order valence-corrected chi connectivity index (χ3v) is 3.49. The highest BCUT2D eigenvalue weighted by Crippen LogP contribution is 2.28. The molecular formula is C14H20N2O5S. The van der Waals surface area contributed by atoms with E-state index < -0.39 is 16.6 Å². The molecule has 0 spiro atoms. The van der Waals surface area contributed by atoms with Crippen LogP contribution < -0.4 is 5.06 Å². The largest absolute Gasteiger partial charge is 0.444 e. The molecule has 8 heteroatoms. The predicted molar refractivity (Wildman–Crippen MR) is 81.7 cm³/mol. The number of rotatable bonds is 3. The number of nitrogens with zero attached hydrogens (tertiary/aromatic N) is 2. The van der Waals surface area contributed by atoms with E-state index in [1.165, 1.54) is 12.1 Å². The maximum atomic E-state index is 12.1. The number of fused-ring (bicyclic) bond motifs is 1. The van der Waals surface area contributed by atoms with Crippen molar-refractivity contribution in [3.63, 3.8) is 0 Å². The van der Waals surface area contributed by atoms with Gasteiger partial charge >= 0.3 is 6.09 Å². The molecule has 0 saturated carbocycles. The minimum absolute atomic E-state index is 0.363. The number of carbonyl (C=O) groups is 1. The van der Waals surface area contributed by atoms with Gasteiger partial charge in [0.05, 0.1) is 5.69 Å². The first-order valence-electron chi connectivity index (χ1n) is 6.81. The first kappa shape index (κ1) is 16.6. The maximum Gasteiger partial charge on any atom is 0.410 e. The van der Waals surface area contributed by atoms with Crippen LogP contribution in [0.2, 0.25) is 0 Å². The predicted octanol–water partition coefficient (Wildman–Crippen LogP) is 1.83. The summed E-state index contributed by atoms with van der Waals surface area (Å²) in [6.07, 6.45) is -0.363. The van der Waals surface area contributed by atoms with E-state index >= 15 is 0 Å². The van der Waals surface area contributed by atoms with E-state index in [-0.39, 0.29) is 6.09 Å². The van der Waals surface area contributed by atoms with Crippen molar-refractivity contribution in [3.8, 4) is 0 Å². The van der Waals surface area contributed by atoms with Gasteiger partial charge in [-0.15, -0.1) is 0 Å². The molecule has 1 aliphatic rings. The SMILES string of the molecule is CN(O[SH](=O)=O)c1ccc2c(c1)CN(C(=O)OC(C)(C)C)C2. The fourth-order valence-electron chi connectivity index (χ4n) is 2.18. The van der Waals surface area contributed by atoms with Crippen LogP contribution in [0.5, 0.6) is 0 Å². The molecule has 7 nitrogen and oxygen atoms in total. The molecule has 122 valence electrons. The fourth-order valence-corrected chi connectivity index (χ4v) is 2.47. The summed E-state index contributed by atoms with van der Waals surface area (Å²) >= 11 is 0.